The molecule has 0 aromatic heterocycles. The highest BCUT2D eigenvalue weighted by Crippen LogP contribution is 2.27. The third-order valence-electron chi connectivity index (χ3n) is 4.29. The van der Waals surface area contributed by atoms with Gasteiger partial charge in [0.1, 0.15) is 5.82 Å². The number of aryl methyl sites for hydroxylation is 2. The summed E-state index contributed by atoms with van der Waals surface area (Å²) in [5.74, 6) is -0.759. The number of rotatable bonds is 7. The highest BCUT2D eigenvalue weighted by atomic mass is 19.1. The lowest BCUT2D eigenvalue weighted by atomic mass is 10.0. The number of halogens is 1. The molecule has 0 heterocycles. The number of anilines is 2. The molecule has 0 saturated carbocycles. The van der Waals surface area contributed by atoms with Gasteiger partial charge in [-0.25, -0.2) is 4.39 Å². The number of carbonyl (C=O) groups is 2. The molecule has 0 unspecified atom stereocenters. The summed E-state index contributed by atoms with van der Waals surface area (Å²) in [5, 5.41) is 2.67. The summed E-state index contributed by atoms with van der Waals surface area (Å²) in [5.41, 5.74) is 3.49. The predicted molar refractivity (Wildman–Crippen MR) is 103 cm³/mol. The standard InChI is InChI=1S/C21H25FN2O2/c1-4-16-8-6-9-17(5-2)21(16)24(15(3)25)13-12-20(26)23-19-11-7-10-18(22)14-19/h6-11,14H,4-5,12-13H2,1-3H3,(H,23,26). The molecule has 0 radical (unpaired) electrons. The Morgan fingerprint density at radius 2 is 1.65 bits per heavy atom. The number of para-hydroxylation sites is 1. The first-order chi connectivity index (χ1) is 12.5. The van der Waals surface area contributed by atoms with Crippen molar-refractivity contribution in [2.45, 2.75) is 40.0 Å². The Labute approximate surface area is 154 Å². The summed E-state index contributed by atoms with van der Waals surface area (Å²) in [6.45, 7) is 5.89. The van der Waals surface area contributed by atoms with Crippen molar-refractivity contribution in [2.24, 2.45) is 0 Å². The van der Waals surface area contributed by atoms with E-state index < -0.39 is 5.82 Å². The lowest BCUT2D eigenvalue weighted by molar-refractivity contribution is -0.117. The Balaban J connectivity index is 2.14. The maximum atomic E-state index is 13.2. The van der Waals surface area contributed by atoms with E-state index in [-0.39, 0.29) is 24.8 Å². The van der Waals surface area contributed by atoms with Crippen LogP contribution in [0, 0.1) is 5.82 Å². The Bertz CT molecular complexity index is 767. The van der Waals surface area contributed by atoms with Crippen molar-refractivity contribution < 1.29 is 14.0 Å². The van der Waals surface area contributed by atoms with E-state index in [1.165, 1.54) is 25.1 Å². The van der Waals surface area contributed by atoms with Crippen molar-refractivity contribution in [1.29, 1.82) is 0 Å². The molecule has 0 spiro atoms. The molecule has 2 aromatic rings. The molecular formula is C21H25FN2O2. The summed E-state index contributed by atoms with van der Waals surface area (Å²) in [6.07, 6.45) is 1.75. The van der Waals surface area contributed by atoms with Gasteiger partial charge in [0.05, 0.1) is 0 Å². The summed E-state index contributed by atoms with van der Waals surface area (Å²) < 4.78 is 13.2. The van der Waals surface area contributed by atoms with Gasteiger partial charge in [0.15, 0.2) is 0 Å². The van der Waals surface area contributed by atoms with Crippen molar-refractivity contribution in [3.63, 3.8) is 0 Å². The van der Waals surface area contributed by atoms with E-state index in [0.717, 1.165) is 29.7 Å². The van der Waals surface area contributed by atoms with Gasteiger partial charge in [-0.2, -0.15) is 0 Å². The minimum atomic E-state index is -0.405. The molecule has 0 fully saturated rings. The zero-order chi connectivity index (χ0) is 19.1. The second-order valence-corrected chi connectivity index (χ2v) is 6.11. The molecule has 0 aliphatic heterocycles. The average molecular weight is 356 g/mol. The first-order valence-corrected chi connectivity index (χ1v) is 8.90. The van der Waals surface area contributed by atoms with E-state index in [2.05, 4.69) is 5.32 Å². The van der Waals surface area contributed by atoms with Crippen LogP contribution >= 0.6 is 0 Å². The molecule has 26 heavy (non-hydrogen) atoms. The van der Waals surface area contributed by atoms with Crippen LogP contribution in [0.1, 0.15) is 38.3 Å². The quantitative estimate of drug-likeness (QED) is 0.803. The first kappa shape index (κ1) is 19.6. The fourth-order valence-corrected chi connectivity index (χ4v) is 2.99. The molecule has 138 valence electrons. The number of amides is 2. The van der Waals surface area contributed by atoms with E-state index in [9.17, 15) is 14.0 Å². The Morgan fingerprint density at radius 1 is 1.04 bits per heavy atom. The summed E-state index contributed by atoms with van der Waals surface area (Å²) in [6, 6.07) is 11.8. The van der Waals surface area contributed by atoms with Crippen molar-refractivity contribution in [1.82, 2.24) is 0 Å². The third-order valence-corrected chi connectivity index (χ3v) is 4.29. The van der Waals surface area contributed by atoms with Crippen molar-refractivity contribution >= 4 is 23.2 Å². The lowest BCUT2D eigenvalue weighted by Gasteiger charge is -2.26. The van der Waals surface area contributed by atoms with Crippen LogP contribution in [-0.2, 0) is 22.4 Å². The molecule has 5 heteroatoms. The number of benzene rings is 2. The van der Waals surface area contributed by atoms with Crippen molar-refractivity contribution in [2.75, 3.05) is 16.8 Å². The minimum absolute atomic E-state index is 0.0980. The van der Waals surface area contributed by atoms with Crippen LogP contribution in [0.25, 0.3) is 0 Å². The topological polar surface area (TPSA) is 49.4 Å². The van der Waals surface area contributed by atoms with Crippen LogP contribution in [0.5, 0.6) is 0 Å². The summed E-state index contributed by atoms with van der Waals surface area (Å²) in [7, 11) is 0. The lowest BCUT2D eigenvalue weighted by Crippen LogP contribution is -2.33. The van der Waals surface area contributed by atoms with E-state index in [4.69, 9.17) is 0 Å². The summed E-state index contributed by atoms with van der Waals surface area (Å²) >= 11 is 0. The van der Waals surface area contributed by atoms with Crippen LogP contribution in [0.15, 0.2) is 42.5 Å². The molecule has 2 aromatic carbocycles. The van der Waals surface area contributed by atoms with Gasteiger partial charge >= 0.3 is 0 Å². The number of nitrogens with zero attached hydrogens (tertiary/aromatic N) is 1. The normalized spacial score (nSPS) is 10.5. The second kappa shape index (κ2) is 9.13. The van der Waals surface area contributed by atoms with E-state index in [1.807, 2.05) is 32.0 Å². The molecule has 2 amide bonds. The number of hydrogen-bond acceptors (Lipinski definition) is 2. The molecule has 0 bridgehead atoms. The second-order valence-electron chi connectivity index (χ2n) is 6.11. The smallest absolute Gasteiger partial charge is 0.226 e. The highest BCUT2D eigenvalue weighted by Gasteiger charge is 2.19. The van der Waals surface area contributed by atoms with E-state index in [1.54, 1.807) is 11.0 Å². The fourth-order valence-electron chi connectivity index (χ4n) is 2.99. The number of hydrogen-bond donors (Lipinski definition) is 1. The monoisotopic (exact) mass is 356 g/mol. The SMILES string of the molecule is CCc1cccc(CC)c1N(CCC(=O)Nc1cccc(F)c1)C(C)=O. The molecule has 2 rings (SSSR count). The molecule has 0 saturated heterocycles. The number of carbonyl (C=O) groups excluding carboxylic acids is 2. The zero-order valence-corrected chi connectivity index (χ0v) is 15.5. The van der Waals surface area contributed by atoms with Gasteiger partial charge in [-0.3, -0.25) is 9.59 Å². The first-order valence-electron chi connectivity index (χ1n) is 8.90. The third kappa shape index (κ3) is 4.91. The molecule has 0 aliphatic carbocycles. The van der Waals surface area contributed by atoms with Crippen LogP contribution in [0.2, 0.25) is 0 Å². The van der Waals surface area contributed by atoms with Gasteiger partial charge in [0, 0.05) is 31.3 Å². The molecule has 0 aliphatic rings. The predicted octanol–water partition coefficient (Wildman–Crippen LogP) is 4.33. The maximum Gasteiger partial charge on any atom is 0.226 e. The van der Waals surface area contributed by atoms with Gasteiger partial charge in [-0.1, -0.05) is 38.1 Å². The molecule has 0 atom stereocenters. The van der Waals surface area contributed by atoms with Gasteiger partial charge in [0.2, 0.25) is 11.8 Å². The van der Waals surface area contributed by atoms with Crippen LogP contribution in [0.4, 0.5) is 15.8 Å². The van der Waals surface area contributed by atoms with Crippen LogP contribution in [-0.4, -0.2) is 18.4 Å². The van der Waals surface area contributed by atoms with E-state index >= 15 is 0 Å². The number of nitrogens with one attached hydrogen (secondary N) is 1. The van der Waals surface area contributed by atoms with Gasteiger partial charge in [0.25, 0.3) is 0 Å². The van der Waals surface area contributed by atoms with Gasteiger partial charge in [-0.05, 0) is 42.2 Å². The maximum absolute atomic E-state index is 13.2. The summed E-state index contributed by atoms with van der Waals surface area (Å²) in [4.78, 5) is 26.1. The zero-order valence-electron chi connectivity index (χ0n) is 15.5. The Morgan fingerprint density at radius 3 is 2.19 bits per heavy atom. The van der Waals surface area contributed by atoms with E-state index in [0.29, 0.717) is 5.69 Å². The minimum Gasteiger partial charge on any atom is -0.326 e. The van der Waals surface area contributed by atoms with Crippen LogP contribution in [0.3, 0.4) is 0 Å². The Kier molecular flexibility index (Phi) is 6.89. The molecule has 4 nitrogen and oxygen atoms in total. The fraction of sp³-hybridized carbons (Fsp3) is 0.333. The molecule has 1 N–H and O–H groups in total. The highest BCUT2D eigenvalue weighted by molar-refractivity contribution is 5.96. The van der Waals surface area contributed by atoms with Gasteiger partial charge in [-0.15, -0.1) is 0 Å². The van der Waals surface area contributed by atoms with Crippen LogP contribution < -0.4 is 10.2 Å². The van der Waals surface area contributed by atoms with Crippen molar-refractivity contribution in [3.05, 3.63) is 59.4 Å². The molecular weight excluding hydrogens is 331 g/mol. The average Bonchev–Trinajstić information content (AvgIpc) is 2.61. The Hall–Kier alpha value is -2.69. The van der Waals surface area contributed by atoms with Crippen molar-refractivity contribution in [3.8, 4) is 0 Å². The largest absolute Gasteiger partial charge is 0.326 e. The van der Waals surface area contributed by atoms with Gasteiger partial charge < -0.3 is 10.2 Å².